The van der Waals surface area contributed by atoms with Crippen molar-refractivity contribution in [1.29, 1.82) is 0 Å². The Morgan fingerprint density at radius 2 is 1.93 bits per heavy atom. The average Bonchev–Trinajstić information content (AvgIpc) is 2.47. The van der Waals surface area contributed by atoms with Gasteiger partial charge in [-0.25, -0.2) is 4.39 Å². The Balaban J connectivity index is 2.76. The fourth-order valence-corrected chi connectivity index (χ4v) is 1.22. The summed E-state index contributed by atoms with van der Waals surface area (Å²) >= 11 is 0. The van der Waals surface area contributed by atoms with E-state index in [0.29, 0.717) is 0 Å². The van der Waals surface area contributed by atoms with Crippen LogP contribution in [-0.4, -0.2) is 10.2 Å². The van der Waals surface area contributed by atoms with E-state index in [2.05, 4.69) is 5.10 Å². The maximum Gasteiger partial charge on any atom is 0.435 e. The Bertz CT molecular complexity index is 472. The van der Waals surface area contributed by atoms with Crippen molar-refractivity contribution in [1.82, 2.24) is 10.2 Å². The van der Waals surface area contributed by atoms with Crippen molar-refractivity contribution in [3.05, 3.63) is 29.7 Å². The van der Waals surface area contributed by atoms with E-state index in [1.165, 1.54) is 12.1 Å². The van der Waals surface area contributed by atoms with Crippen LogP contribution in [0, 0.1) is 5.82 Å². The minimum atomic E-state index is -4.56. The van der Waals surface area contributed by atoms with Gasteiger partial charge in [-0.15, -0.1) is 0 Å². The molecule has 1 aromatic carbocycles. The van der Waals surface area contributed by atoms with Crippen molar-refractivity contribution in [3.63, 3.8) is 0 Å². The Hall–Kier alpha value is -1.59. The molecule has 0 bridgehead atoms. The second-order valence-corrected chi connectivity index (χ2v) is 2.73. The van der Waals surface area contributed by atoms with E-state index in [9.17, 15) is 17.6 Å². The molecule has 14 heavy (non-hydrogen) atoms. The molecule has 0 saturated heterocycles. The molecule has 74 valence electrons. The number of hydrogen-bond donors (Lipinski definition) is 1. The van der Waals surface area contributed by atoms with Crippen LogP contribution in [-0.2, 0) is 6.18 Å². The molecule has 0 saturated carbocycles. The first-order valence-electron chi connectivity index (χ1n) is 3.70. The zero-order valence-electron chi connectivity index (χ0n) is 6.69. The van der Waals surface area contributed by atoms with Gasteiger partial charge in [0.25, 0.3) is 0 Å². The molecule has 1 heterocycles. The highest BCUT2D eigenvalue weighted by molar-refractivity contribution is 5.82. The van der Waals surface area contributed by atoms with E-state index in [1.807, 2.05) is 5.10 Å². The van der Waals surface area contributed by atoms with Crippen molar-refractivity contribution in [2.45, 2.75) is 6.18 Å². The second-order valence-electron chi connectivity index (χ2n) is 2.73. The van der Waals surface area contributed by atoms with Gasteiger partial charge in [0.15, 0.2) is 5.69 Å². The highest BCUT2D eigenvalue weighted by Gasteiger charge is 2.36. The Labute approximate surface area is 75.5 Å². The maximum absolute atomic E-state index is 12.9. The van der Waals surface area contributed by atoms with Crippen molar-refractivity contribution < 1.29 is 17.6 Å². The van der Waals surface area contributed by atoms with Crippen LogP contribution < -0.4 is 0 Å². The Kier molecular flexibility index (Phi) is 1.73. The van der Waals surface area contributed by atoms with Crippen LogP contribution in [0.2, 0.25) is 0 Å². The third-order valence-corrected chi connectivity index (χ3v) is 1.82. The lowest BCUT2D eigenvalue weighted by Gasteiger charge is -2.01. The molecule has 1 aromatic heterocycles. The number of aromatic nitrogens is 2. The number of nitrogens with one attached hydrogen (secondary N) is 1. The smallest absolute Gasteiger partial charge is 0.274 e. The van der Waals surface area contributed by atoms with E-state index >= 15 is 0 Å². The van der Waals surface area contributed by atoms with E-state index in [4.69, 9.17) is 0 Å². The molecule has 0 radical (unpaired) electrons. The molecule has 0 spiro atoms. The summed E-state index contributed by atoms with van der Waals surface area (Å²) in [5.41, 5.74) is -1.31. The summed E-state index contributed by atoms with van der Waals surface area (Å²) in [6.45, 7) is 0. The van der Waals surface area contributed by atoms with Crippen molar-refractivity contribution in [2.75, 3.05) is 0 Å². The number of hydrogen-bond acceptors (Lipinski definition) is 1. The van der Waals surface area contributed by atoms with E-state index in [-0.39, 0.29) is 10.9 Å². The lowest BCUT2D eigenvalue weighted by molar-refractivity contribution is -0.139. The summed E-state index contributed by atoms with van der Waals surface area (Å²) in [6, 6.07) is 3.45. The lowest BCUT2D eigenvalue weighted by atomic mass is 10.2. The van der Waals surface area contributed by atoms with Gasteiger partial charge in [0.2, 0.25) is 0 Å². The number of benzene rings is 1. The molecule has 2 nitrogen and oxygen atoms in total. The van der Waals surface area contributed by atoms with E-state index in [1.54, 1.807) is 0 Å². The first-order valence-corrected chi connectivity index (χ1v) is 3.70. The molecule has 0 fully saturated rings. The Morgan fingerprint density at radius 1 is 1.21 bits per heavy atom. The molecule has 0 aliphatic heterocycles. The van der Waals surface area contributed by atoms with Gasteiger partial charge in [0.1, 0.15) is 11.3 Å². The number of nitrogens with zero attached hydrogens (tertiary/aromatic N) is 1. The summed E-state index contributed by atoms with van der Waals surface area (Å²) in [7, 11) is 0. The minimum Gasteiger partial charge on any atom is -0.274 e. The summed E-state index contributed by atoms with van der Waals surface area (Å²) in [6.07, 6.45) is -4.56. The van der Waals surface area contributed by atoms with Gasteiger partial charge in [-0.3, -0.25) is 5.10 Å². The molecular formula is C8H4F4N2. The molecule has 0 aliphatic carbocycles. The van der Waals surface area contributed by atoms with Gasteiger partial charge in [-0.1, -0.05) is 12.1 Å². The van der Waals surface area contributed by atoms with Gasteiger partial charge >= 0.3 is 6.18 Å². The number of halogens is 4. The summed E-state index contributed by atoms with van der Waals surface area (Å²) in [5, 5.41) is 4.80. The predicted molar refractivity (Wildman–Crippen MR) is 41.1 cm³/mol. The number of H-pyrrole nitrogens is 1. The third kappa shape index (κ3) is 1.23. The largest absolute Gasteiger partial charge is 0.435 e. The van der Waals surface area contributed by atoms with Crippen molar-refractivity contribution >= 4 is 10.9 Å². The maximum atomic E-state index is 12.9. The molecule has 2 aromatic rings. The van der Waals surface area contributed by atoms with Crippen LogP contribution in [0.5, 0.6) is 0 Å². The summed E-state index contributed by atoms with van der Waals surface area (Å²) in [5.74, 6) is -0.745. The molecule has 0 amide bonds. The predicted octanol–water partition coefficient (Wildman–Crippen LogP) is 2.72. The quantitative estimate of drug-likeness (QED) is 0.656. The highest BCUT2D eigenvalue weighted by atomic mass is 19.4. The molecule has 6 heteroatoms. The van der Waals surface area contributed by atoms with Crippen LogP contribution >= 0.6 is 0 Å². The standard InChI is InChI=1S/C8H4F4N2/c9-5-3-1-2-4-6(5)13-14-7(4)8(10,11)12/h1-3H,(H,13,14). The van der Waals surface area contributed by atoms with Crippen LogP contribution in [0.25, 0.3) is 10.9 Å². The fourth-order valence-electron chi connectivity index (χ4n) is 1.22. The van der Waals surface area contributed by atoms with Crippen molar-refractivity contribution in [2.24, 2.45) is 0 Å². The molecule has 2 rings (SSSR count). The van der Waals surface area contributed by atoms with Crippen molar-refractivity contribution in [3.8, 4) is 0 Å². The fraction of sp³-hybridized carbons (Fsp3) is 0.125. The molecule has 1 N–H and O–H groups in total. The molecule has 0 atom stereocenters. The zero-order valence-corrected chi connectivity index (χ0v) is 6.69. The molecule has 0 aliphatic rings. The van der Waals surface area contributed by atoms with Gasteiger partial charge in [0.05, 0.1) is 0 Å². The van der Waals surface area contributed by atoms with Crippen LogP contribution in [0.3, 0.4) is 0 Å². The van der Waals surface area contributed by atoms with E-state index in [0.717, 1.165) is 6.07 Å². The SMILES string of the molecule is Fc1cccc2c(C(F)(F)F)n[nH]c12. The van der Waals surface area contributed by atoms with E-state index < -0.39 is 17.7 Å². The zero-order chi connectivity index (χ0) is 10.3. The lowest BCUT2D eigenvalue weighted by Crippen LogP contribution is -2.05. The molecular weight excluding hydrogens is 200 g/mol. The topological polar surface area (TPSA) is 28.7 Å². The number of para-hydroxylation sites is 1. The number of rotatable bonds is 0. The monoisotopic (exact) mass is 204 g/mol. The first kappa shape index (κ1) is 8.98. The highest BCUT2D eigenvalue weighted by Crippen LogP contribution is 2.33. The van der Waals surface area contributed by atoms with Gasteiger partial charge in [-0.05, 0) is 6.07 Å². The van der Waals surface area contributed by atoms with Crippen LogP contribution in [0.15, 0.2) is 18.2 Å². The number of fused-ring (bicyclic) bond motifs is 1. The van der Waals surface area contributed by atoms with Crippen LogP contribution in [0.4, 0.5) is 17.6 Å². The number of aromatic amines is 1. The van der Waals surface area contributed by atoms with Gasteiger partial charge in [-0.2, -0.15) is 18.3 Å². The average molecular weight is 204 g/mol. The molecule has 0 unspecified atom stereocenters. The Morgan fingerprint density at radius 3 is 2.57 bits per heavy atom. The van der Waals surface area contributed by atoms with Crippen LogP contribution in [0.1, 0.15) is 5.69 Å². The second kappa shape index (κ2) is 2.70. The van der Waals surface area contributed by atoms with Gasteiger partial charge in [0, 0.05) is 5.39 Å². The summed E-state index contributed by atoms with van der Waals surface area (Å²) < 4.78 is 49.8. The minimum absolute atomic E-state index is 0.222. The van der Waals surface area contributed by atoms with Gasteiger partial charge < -0.3 is 0 Å². The summed E-state index contributed by atoms with van der Waals surface area (Å²) in [4.78, 5) is 0. The third-order valence-electron chi connectivity index (χ3n) is 1.82. The normalized spacial score (nSPS) is 12.3. The first-order chi connectivity index (χ1) is 6.50. The number of alkyl halides is 3.